The van der Waals surface area contributed by atoms with Gasteiger partial charge in [-0.05, 0) is 35.4 Å². The van der Waals surface area contributed by atoms with E-state index in [1.54, 1.807) is 0 Å². The van der Waals surface area contributed by atoms with Gasteiger partial charge in [-0.15, -0.1) is 0 Å². The van der Waals surface area contributed by atoms with Crippen LogP contribution in [0.1, 0.15) is 17.2 Å². The lowest BCUT2D eigenvalue weighted by molar-refractivity contribution is -0.143. The third-order valence-electron chi connectivity index (χ3n) is 4.23. The van der Waals surface area contributed by atoms with Crippen molar-refractivity contribution in [2.24, 2.45) is 0 Å². The van der Waals surface area contributed by atoms with Gasteiger partial charge in [0.05, 0.1) is 0 Å². The standard InChI is InChI=1S/C19H20N2O8/c22-8-20-16(26)6-10-1-3-14(24)12(5-10)13-7-11(2-4-15(13)25)18(27)17(19(28)29)21-9-23/h1-5,7-9,16-18,24-27H,6H2,(H,20,22)(H,21,23)(H,28,29). The maximum absolute atomic E-state index is 11.3. The second-order valence-corrected chi connectivity index (χ2v) is 6.18. The van der Waals surface area contributed by atoms with Crippen LogP contribution >= 0.6 is 0 Å². The van der Waals surface area contributed by atoms with Gasteiger partial charge in [0, 0.05) is 17.5 Å². The second kappa shape index (κ2) is 9.53. The lowest BCUT2D eigenvalue weighted by atomic mass is 9.94. The van der Waals surface area contributed by atoms with Crippen molar-refractivity contribution in [1.82, 2.24) is 10.6 Å². The Kier molecular flexibility index (Phi) is 7.12. The Hall–Kier alpha value is -3.63. The number of nitrogens with one attached hydrogen (secondary N) is 2. The molecule has 0 radical (unpaired) electrons. The molecule has 3 unspecified atom stereocenters. The first-order chi connectivity index (χ1) is 13.8. The van der Waals surface area contributed by atoms with Crippen LogP contribution in [0.3, 0.4) is 0 Å². The highest BCUT2D eigenvalue weighted by Crippen LogP contribution is 2.38. The SMILES string of the molecule is O=CNC(O)Cc1ccc(O)c(-c2cc(C(O)C(NC=O)C(=O)O)ccc2O)c1. The van der Waals surface area contributed by atoms with Crippen molar-refractivity contribution in [3.05, 3.63) is 47.5 Å². The fourth-order valence-electron chi connectivity index (χ4n) is 2.80. The number of hydrogen-bond acceptors (Lipinski definition) is 7. The third-order valence-corrected chi connectivity index (χ3v) is 4.23. The molecule has 2 rings (SSSR count). The number of carboxylic acid groups (broad SMARTS) is 1. The van der Waals surface area contributed by atoms with Gasteiger partial charge >= 0.3 is 5.97 Å². The molecule has 154 valence electrons. The van der Waals surface area contributed by atoms with Crippen molar-refractivity contribution in [1.29, 1.82) is 0 Å². The molecule has 0 heterocycles. The van der Waals surface area contributed by atoms with E-state index in [9.17, 15) is 34.8 Å². The van der Waals surface area contributed by atoms with Crippen molar-refractivity contribution in [3.8, 4) is 22.6 Å². The van der Waals surface area contributed by atoms with E-state index in [2.05, 4.69) is 5.32 Å². The first-order valence-corrected chi connectivity index (χ1v) is 8.42. The van der Waals surface area contributed by atoms with E-state index >= 15 is 0 Å². The number of hydrogen-bond donors (Lipinski definition) is 7. The van der Waals surface area contributed by atoms with E-state index in [1.807, 2.05) is 5.32 Å². The second-order valence-electron chi connectivity index (χ2n) is 6.18. The van der Waals surface area contributed by atoms with Gasteiger partial charge in [0.15, 0.2) is 6.04 Å². The average Bonchev–Trinajstić information content (AvgIpc) is 2.67. The zero-order valence-corrected chi connectivity index (χ0v) is 15.0. The van der Waals surface area contributed by atoms with Gasteiger partial charge in [0.25, 0.3) is 0 Å². The Bertz CT molecular complexity index is 902. The summed E-state index contributed by atoms with van der Waals surface area (Å²) in [4.78, 5) is 32.3. The molecular formula is C19H20N2O8. The minimum atomic E-state index is -1.62. The number of carbonyl (C=O) groups excluding carboxylic acids is 2. The first-order valence-electron chi connectivity index (χ1n) is 8.42. The molecule has 0 aromatic heterocycles. The highest BCUT2D eigenvalue weighted by Gasteiger charge is 2.28. The van der Waals surface area contributed by atoms with Gasteiger partial charge in [-0.2, -0.15) is 0 Å². The van der Waals surface area contributed by atoms with Crippen molar-refractivity contribution < 1.29 is 39.9 Å². The minimum Gasteiger partial charge on any atom is -0.507 e. The van der Waals surface area contributed by atoms with Crippen LogP contribution in [0.5, 0.6) is 11.5 Å². The number of aliphatic hydroxyl groups is 2. The van der Waals surface area contributed by atoms with Crippen LogP contribution in [0.2, 0.25) is 0 Å². The van der Waals surface area contributed by atoms with Crippen LogP contribution in [-0.4, -0.2) is 56.6 Å². The molecule has 0 saturated heterocycles. The first kappa shape index (κ1) is 21.7. The molecule has 29 heavy (non-hydrogen) atoms. The molecule has 0 aliphatic rings. The van der Waals surface area contributed by atoms with Crippen molar-refractivity contribution in [2.45, 2.75) is 24.8 Å². The summed E-state index contributed by atoms with van der Waals surface area (Å²) in [5.74, 6) is -1.93. The van der Waals surface area contributed by atoms with Gasteiger partial charge in [-0.25, -0.2) is 4.79 Å². The highest BCUT2D eigenvalue weighted by molar-refractivity contribution is 5.79. The quantitative estimate of drug-likeness (QED) is 0.207. The van der Waals surface area contributed by atoms with Crippen LogP contribution in [0, 0.1) is 0 Å². The molecule has 10 nitrogen and oxygen atoms in total. The topological polar surface area (TPSA) is 176 Å². The van der Waals surface area contributed by atoms with E-state index in [1.165, 1.54) is 36.4 Å². The van der Waals surface area contributed by atoms with E-state index in [0.29, 0.717) is 12.0 Å². The highest BCUT2D eigenvalue weighted by atomic mass is 16.4. The van der Waals surface area contributed by atoms with Gasteiger partial charge in [0.2, 0.25) is 12.8 Å². The summed E-state index contributed by atoms with van der Waals surface area (Å²) in [5.41, 5.74) is 0.847. The molecule has 7 N–H and O–H groups in total. The number of rotatable bonds is 10. The van der Waals surface area contributed by atoms with Crippen molar-refractivity contribution in [2.75, 3.05) is 0 Å². The molecular weight excluding hydrogens is 384 g/mol. The molecule has 0 spiro atoms. The molecule has 3 atom stereocenters. The number of phenols is 2. The van der Waals surface area contributed by atoms with Crippen LogP contribution in [-0.2, 0) is 20.8 Å². The maximum Gasteiger partial charge on any atom is 0.329 e. The minimum absolute atomic E-state index is 0.0272. The number of aromatic hydroxyl groups is 2. The lowest BCUT2D eigenvalue weighted by Gasteiger charge is -2.20. The third kappa shape index (κ3) is 5.21. The maximum atomic E-state index is 11.3. The number of aliphatic hydroxyl groups excluding tert-OH is 2. The molecule has 0 bridgehead atoms. The van der Waals surface area contributed by atoms with E-state index < -0.39 is 24.3 Å². The summed E-state index contributed by atoms with van der Waals surface area (Å²) in [6, 6.07) is 6.46. The number of carbonyl (C=O) groups is 3. The summed E-state index contributed by atoms with van der Waals surface area (Å²) in [6.07, 6.45) is -2.26. The van der Waals surface area contributed by atoms with Gasteiger partial charge in [-0.1, -0.05) is 12.1 Å². The Morgan fingerprint density at radius 1 is 0.931 bits per heavy atom. The molecule has 0 aliphatic heterocycles. The summed E-state index contributed by atoms with van der Waals surface area (Å²) in [5, 5.41) is 53.8. The van der Waals surface area contributed by atoms with Gasteiger partial charge in [-0.3, -0.25) is 9.59 Å². The van der Waals surface area contributed by atoms with Crippen molar-refractivity contribution in [3.63, 3.8) is 0 Å². The van der Waals surface area contributed by atoms with Gasteiger partial charge in [0.1, 0.15) is 23.8 Å². The Balaban J connectivity index is 2.44. The van der Waals surface area contributed by atoms with E-state index in [0.717, 1.165) is 0 Å². The summed E-state index contributed by atoms with van der Waals surface area (Å²) < 4.78 is 0. The molecule has 10 heteroatoms. The summed E-state index contributed by atoms with van der Waals surface area (Å²) >= 11 is 0. The number of phenolic OH excluding ortho intramolecular Hbond substituents is 2. The Morgan fingerprint density at radius 2 is 1.52 bits per heavy atom. The van der Waals surface area contributed by atoms with Gasteiger partial charge < -0.3 is 36.2 Å². The summed E-state index contributed by atoms with van der Waals surface area (Å²) in [7, 11) is 0. The van der Waals surface area contributed by atoms with E-state index in [4.69, 9.17) is 5.11 Å². The zero-order valence-electron chi connectivity index (χ0n) is 15.0. The van der Waals surface area contributed by atoms with Crippen LogP contribution in [0.4, 0.5) is 0 Å². The lowest BCUT2D eigenvalue weighted by Crippen LogP contribution is -2.41. The number of benzene rings is 2. The van der Waals surface area contributed by atoms with Crippen molar-refractivity contribution >= 4 is 18.8 Å². The summed E-state index contributed by atoms with van der Waals surface area (Å²) in [6.45, 7) is 0. The fourth-order valence-corrected chi connectivity index (χ4v) is 2.80. The molecule has 0 aliphatic carbocycles. The molecule has 0 saturated carbocycles. The predicted molar refractivity (Wildman–Crippen MR) is 99.7 cm³/mol. The molecule has 0 fully saturated rings. The predicted octanol–water partition coefficient (Wildman–Crippen LogP) is -0.396. The van der Waals surface area contributed by atoms with E-state index in [-0.39, 0.29) is 41.0 Å². The average molecular weight is 404 g/mol. The number of carboxylic acids is 1. The Morgan fingerprint density at radius 3 is 2.10 bits per heavy atom. The number of amides is 2. The van der Waals surface area contributed by atoms with Crippen LogP contribution in [0.15, 0.2) is 36.4 Å². The van der Waals surface area contributed by atoms with Crippen LogP contribution in [0.25, 0.3) is 11.1 Å². The normalized spacial score (nSPS) is 13.7. The van der Waals surface area contributed by atoms with Crippen LogP contribution < -0.4 is 10.6 Å². The monoisotopic (exact) mass is 404 g/mol. The Labute approximate surface area is 165 Å². The zero-order chi connectivity index (χ0) is 21.6. The molecule has 2 aromatic carbocycles. The fraction of sp³-hybridized carbons (Fsp3) is 0.211. The number of aliphatic carboxylic acids is 1. The smallest absolute Gasteiger partial charge is 0.329 e. The largest absolute Gasteiger partial charge is 0.507 e. The molecule has 2 aromatic rings. The molecule has 2 amide bonds.